The molecule has 1 aromatic heterocycles. The quantitative estimate of drug-likeness (QED) is 0.428. The number of para-hydroxylation sites is 1. The summed E-state index contributed by atoms with van der Waals surface area (Å²) >= 11 is 5.49. The van der Waals surface area contributed by atoms with E-state index >= 15 is 0 Å². The normalized spacial score (nSPS) is 10.9. The third kappa shape index (κ3) is 3.46. The Morgan fingerprint density at radius 3 is 2.37 bits per heavy atom. The van der Waals surface area contributed by atoms with Crippen molar-refractivity contribution in [3.63, 3.8) is 0 Å². The van der Waals surface area contributed by atoms with Crippen LogP contribution in [0.1, 0.15) is 11.1 Å². The average molecular weight is 376 g/mol. The van der Waals surface area contributed by atoms with Gasteiger partial charge in [-0.15, -0.1) is 0 Å². The van der Waals surface area contributed by atoms with Crippen LogP contribution in [0.25, 0.3) is 21.9 Å². The van der Waals surface area contributed by atoms with E-state index in [-0.39, 0.29) is 0 Å². The molecule has 0 aliphatic rings. The van der Waals surface area contributed by atoms with Crippen molar-refractivity contribution in [2.75, 3.05) is 17.7 Å². The molecule has 0 aliphatic carbocycles. The third-order valence-electron chi connectivity index (χ3n) is 4.43. The first-order valence-corrected chi connectivity index (χ1v) is 9.10. The molecular formula is C22H20N2O2S. The van der Waals surface area contributed by atoms with Crippen LogP contribution in [0.4, 0.5) is 11.4 Å². The number of nitrogens with one attached hydrogen (secondary N) is 2. The Bertz CT molecular complexity index is 1140. The summed E-state index contributed by atoms with van der Waals surface area (Å²) in [6, 6.07) is 18.1. The lowest BCUT2D eigenvalue weighted by Gasteiger charge is -2.14. The first kappa shape index (κ1) is 17.4. The summed E-state index contributed by atoms with van der Waals surface area (Å²) in [5.74, 6) is 0.707. The molecule has 0 unspecified atom stereocenters. The van der Waals surface area contributed by atoms with Crippen molar-refractivity contribution in [2.45, 2.75) is 13.8 Å². The monoisotopic (exact) mass is 376 g/mol. The number of thiocarbonyl (C=S) groups is 1. The molecule has 0 atom stereocenters. The highest BCUT2D eigenvalue weighted by atomic mass is 32.1. The van der Waals surface area contributed by atoms with Crippen LogP contribution in [0.2, 0.25) is 0 Å². The van der Waals surface area contributed by atoms with Crippen LogP contribution in [0.5, 0.6) is 5.75 Å². The van der Waals surface area contributed by atoms with E-state index in [1.54, 1.807) is 7.11 Å². The molecule has 1 heterocycles. The van der Waals surface area contributed by atoms with Crippen LogP contribution < -0.4 is 15.4 Å². The number of anilines is 2. The number of aryl methyl sites for hydroxylation is 2. The van der Waals surface area contributed by atoms with Gasteiger partial charge in [0.1, 0.15) is 16.9 Å². The van der Waals surface area contributed by atoms with Gasteiger partial charge in [-0.2, -0.15) is 0 Å². The number of ether oxygens (including phenoxy) is 1. The summed E-state index contributed by atoms with van der Waals surface area (Å²) in [6.45, 7) is 4.13. The number of furan rings is 1. The van der Waals surface area contributed by atoms with Crippen molar-refractivity contribution >= 4 is 50.6 Å². The minimum Gasteiger partial charge on any atom is -0.495 e. The van der Waals surface area contributed by atoms with Crippen molar-refractivity contribution < 1.29 is 9.15 Å². The molecule has 0 fully saturated rings. The Balaban J connectivity index is 1.66. The van der Waals surface area contributed by atoms with Crippen LogP contribution >= 0.6 is 12.2 Å². The van der Waals surface area contributed by atoms with E-state index < -0.39 is 0 Å². The van der Waals surface area contributed by atoms with Gasteiger partial charge in [-0.25, -0.2) is 0 Å². The number of rotatable bonds is 3. The molecule has 4 nitrogen and oxygen atoms in total. The first-order valence-electron chi connectivity index (χ1n) is 8.69. The largest absolute Gasteiger partial charge is 0.495 e. The molecule has 0 saturated heterocycles. The van der Waals surface area contributed by atoms with Gasteiger partial charge in [-0.1, -0.05) is 24.3 Å². The average Bonchev–Trinajstić information content (AvgIpc) is 2.97. The molecule has 0 amide bonds. The third-order valence-corrected chi connectivity index (χ3v) is 4.63. The predicted molar refractivity (Wildman–Crippen MR) is 116 cm³/mol. The zero-order valence-electron chi connectivity index (χ0n) is 15.4. The minimum absolute atomic E-state index is 0.494. The van der Waals surface area contributed by atoms with Crippen molar-refractivity contribution in [2.24, 2.45) is 0 Å². The molecule has 27 heavy (non-hydrogen) atoms. The smallest absolute Gasteiger partial charge is 0.175 e. The molecule has 2 N–H and O–H groups in total. The lowest BCUT2D eigenvalue weighted by atomic mass is 10.1. The number of fused-ring (bicyclic) bond motifs is 3. The van der Waals surface area contributed by atoms with Gasteiger partial charge in [-0.3, -0.25) is 0 Å². The Hall–Kier alpha value is -3.05. The number of hydrogen-bond acceptors (Lipinski definition) is 3. The maximum absolute atomic E-state index is 5.96. The second-order valence-corrected chi connectivity index (χ2v) is 7.01. The Labute approximate surface area is 163 Å². The number of methoxy groups -OCH3 is 1. The summed E-state index contributed by atoms with van der Waals surface area (Å²) in [5.41, 5.74) is 5.71. The molecule has 0 aliphatic heterocycles. The van der Waals surface area contributed by atoms with E-state index in [4.69, 9.17) is 21.4 Å². The van der Waals surface area contributed by atoms with Crippen LogP contribution in [0.3, 0.4) is 0 Å². The highest BCUT2D eigenvalue weighted by Gasteiger charge is 2.13. The summed E-state index contributed by atoms with van der Waals surface area (Å²) in [4.78, 5) is 0. The van der Waals surface area contributed by atoms with Crippen LogP contribution in [-0.2, 0) is 0 Å². The second-order valence-electron chi connectivity index (χ2n) is 6.60. The molecule has 4 aromatic rings. The topological polar surface area (TPSA) is 46.4 Å². The fraction of sp³-hybridized carbons (Fsp3) is 0.136. The summed E-state index contributed by atoms with van der Waals surface area (Å²) in [5, 5.41) is 9.03. The molecule has 4 rings (SSSR count). The lowest BCUT2D eigenvalue weighted by Crippen LogP contribution is -2.19. The maximum Gasteiger partial charge on any atom is 0.175 e. The molecule has 0 saturated carbocycles. The summed E-state index contributed by atoms with van der Waals surface area (Å²) in [7, 11) is 1.65. The summed E-state index contributed by atoms with van der Waals surface area (Å²) < 4.78 is 11.5. The summed E-state index contributed by atoms with van der Waals surface area (Å²) in [6.07, 6.45) is 0. The molecule has 136 valence electrons. The molecule has 0 spiro atoms. The van der Waals surface area contributed by atoms with Gasteiger partial charge in [-0.05, 0) is 61.5 Å². The van der Waals surface area contributed by atoms with E-state index in [0.29, 0.717) is 10.9 Å². The molecular weight excluding hydrogens is 356 g/mol. The number of hydrogen-bond donors (Lipinski definition) is 2. The van der Waals surface area contributed by atoms with Crippen molar-refractivity contribution in [1.29, 1.82) is 0 Å². The molecule has 3 aromatic carbocycles. The lowest BCUT2D eigenvalue weighted by molar-refractivity contribution is 0.417. The maximum atomic E-state index is 5.96. The van der Waals surface area contributed by atoms with Crippen LogP contribution in [-0.4, -0.2) is 12.2 Å². The standard InChI is InChI=1S/C22H20N2O2S/c1-13-8-14(2)10-15(9-13)23-22(27)24-18-12-20-17(11-21(18)25-3)16-6-4-5-7-19(16)26-20/h4-12H,1-3H3,(H2,23,24,27). The van der Waals surface area contributed by atoms with Gasteiger partial charge in [0.2, 0.25) is 0 Å². The second kappa shape index (κ2) is 6.93. The van der Waals surface area contributed by atoms with Gasteiger partial charge >= 0.3 is 0 Å². The zero-order chi connectivity index (χ0) is 19.0. The Morgan fingerprint density at radius 2 is 1.63 bits per heavy atom. The van der Waals surface area contributed by atoms with Crippen molar-refractivity contribution in [3.8, 4) is 5.75 Å². The van der Waals surface area contributed by atoms with E-state index in [0.717, 1.165) is 33.3 Å². The highest BCUT2D eigenvalue weighted by molar-refractivity contribution is 7.80. The van der Waals surface area contributed by atoms with E-state index in [9.17, 15) is 0 Å². The molecule has 0 bridgehead atoms. The predicted octanol–water partition coefficient (Wildman–Crippen LogP) is 6.02. The van der Waals surface area contributed by atoms with Crippen molar-refractivity contribution in [3.05, 3.63) is 65.7 Å². The minimum atomic E-state index is 0.494. The molecule has 0 radical (unpaired) electrons. The highest BCUT2D eigenvalue weighted by Crippen LogP contribution is 2.36. The molecule has 5 heteroatoms. The SMILES string of the molecule is COc1cc2c(cc1NC(=S)Nc1cc(C)cc(C)c1)oc1ccccc12. The zero-order valence-corrected chi connectivity index (χ0v) is 16.2. The van der Waals surface area contributed by atoms with Gasteiger partial charge < -0.3 is 19.8 Å². The van der Waals surface area contributed by atoms with Crippen LogP contribution in [0, 0.1) is 13.8 Å². The van der Waals surface area contributed by atoms with Crippen molar-refractivity contribution in [1.82, 2.24) is 0 Å². The Morgan fingerprint density at radius 1 is 0.889 bits per heavy atom. The Kier molecular flexibility index (Phi) is 4.46. The van der Waals surface area contributed by atoms with Gasteiger partial charge in [0, 0.05) is 22.5 Å². The number of benzene rings is 3. The van der Waals surface area contributed by atoms with Gasteiger partial charge in [0.15, 0.2) is 5.11 Å². The van der Waals surface area contributed by atoms with Gasteiger partial charge in [0.25, 0.3) is 0 Å². The van der Waals surface area contributed by atoms with E-state index in [1.807, 2.05) is 36.4 Å². The fourth-order valence-corrected chi connectivity index (χ4v) is 3.58. The fourth-order valence-electron chi connectivity index (χ4n) is 3.35. The van der Waals surface area contributed by atoms with E-state index in [1.165, 1.54) is 11.1 Å². The van der Waals surface area contributed by atoms with E-state index in [2.05, 4.69) is 42.7 Å². The van der Waals surface area contributed by atoms with Crippen LogP contribution in [0.15, 0.2) is 59.0 Å². The first-order chi connectivity index (χ1) is 13.0. The van der Waals surface area contributed by atoms with Gasteiger partial charge in [0.05, 0.1) is 12.8 Å².